The van der Waals surface area contributed by atoms with E-state index < -0.39 is 0 Å². The molecule has 0 aromatic rings. The van der Waals surface area contributed by atoms with E-state index in [0.717, 1.165) is 30.8 Å². The molecule has 2 aliphatic rings. The van der Waals surface area contributed by atoms with Crippen molar-refractivity contribution in [1.82, 2.24) is 0 Å². The van der Waals surface area contributed by atoms with Gasteiger partial charge in [0.2, 0.25) is 0 Å². The van der Waals surface area contributed by atoms with Crippen LogP contribution in [0.3, 0.4) is 0 Å². The van der Waals surface area contributed by atoms with Crippen LogP contribution in [0.5, 0.6) is 0 Å². The van der Waals surface area contributed by atoms with E-state index in [1.165, 1.54) is 32.1 Å². The molecule has 3 heteroatoms. The van der Waals surface area contributed by atoms with Crippen LogP contribution in [0, 0.1) is 23.2 Å². The molecule has 0 saturated heterocycles. The van der Waals surface area contributed by atoms with Gasteiger partial charge in [0.25, 0.3) is 0 Å². The van der Waals surface area contributed by atoms with Crippen molar-refractivity contribution in [2.45, 2.75) is 65.4 Å². The normalized spacial score (nSPS) is 33.4. The van der Waals surface area contributed by atoms with Crippen molar-refractivity contribution in [3.8, 4) is 0 Å². The average molecular weight is 283 g/mol. The summed E-state index contributed by atoms with van der Waals surface area (Å²) in [6.45, 7) is 7.89. The summed E-state index contributed by atoms with van der Waals surface area (Å²) in [5.74, 6) is 2.27. The monoisotopic (exact) mass is 283 g/mol. The summed E-state index contributed by atoms with van der Waals surface area (Å²) in [5.41, 5.74) is 6.00. The third kappa shape index (κ3) is 4.16. The maximum atomic E-state index is 6.34. The molecule has 2 rings (SSSR count). The summed E-state index contributed by atoms with van der Waals surface area (Å²) >= 11 is 5.06. The molecular formula is C16H29NOS. The van der Waals surface area contributed by atoms with E-state index in [2.05, 4.69) is 20.8 Å². The van der Waals surface area contributed by atoms with E-state index in [4.69, 9.17) is 22.7 Å². The minimum Gasteiger partial charge on any atom is -0.393 e. The highest BCUT2D eigenvalue weighted by Gasteiger charge is 2.44. The van der Waals surface area contributed by atoms with Crippen molar-refractivity contribution in [1.29, 1.82) is 0 Å². The first-order valence-electron chi connectivity index (χ1n) is 7.82. The molecule has 2 aliphatic carbocycles. The molecule has 0 aromatic heterocycles. The topological polar surface area (TPSA) is 35.2 Å². The highest BCUT2D eigenvalue weighted by Crippen LogP contribution is 2.50. The van der Waals surface area contributed by atoms with Crippen LogP contribution >= 0.6 is 12.2 Å². The summed E-state index contributed by atoms with van der Waals surface area (Å²) in [5, 5.41) is 0. The predicted octanol–water partition coefficient (Wildman–Crippen LogP) is 3.92. The first-order valence-corrected chi connectivity index (χ1v) is 8.22. The molecule has 0 heterocycles. The summed E-state index contributed by atoms with van der Waals surface area (Å²) in [4.78, 5) is 0.651. The maximum Gasteiger partial charge on any atom is 0.0733 e. The lowest BCUT2D eigenvalue weighted by atomic mass is 9.75. The quantitative estimate of drug-likeness (QED) is 0.750. The molecule has 0 bridgehead atoms. The van der Waals surface area contributed by atoms with Gasteiger partial charge < -0.3 is 10.5 Å². The van der Waals surface area contributed by atoms with Crippen LogP contribution in [-0.2, 0) is 4.74 Å². The first-order chi connectivity index (χ1) is 8.92. The van der Waals surface area contributed by atoms with E-state index in [1.54, 1.807) is 0 Å². The van der Waals surface area contributed by atoms with Gasteiger partial charge in [-0.15, -0.1) is 0 Å². The van der Waals surface area contributed by atoms with Crippen LogP contribution in [0.4, 0.5) is 0 Å². The van der Waals surface area contributed by atoms with Gasteiger partial charge in [-0.25, -0.2) is 0 Å². The molecule has 0 radical (unpaired) electrons. The molecule has 0 aliphatic heterocycles. The molecule has 2 N–H and O–H groups in total. The zero-order valence-electron chi connectivity index (χ0n) is 12.7. The standard InChI is InChI=1S/C16H29NOS/c1-11(2)13-5-4-12(3)8-14(13)18-10-16(6-7-16)9-15(17)19/h11-14H,4-10H2,1-3H3,(H2,17,19). The summed E-state index contributed by atoms with van der Waals surface area (Å²) < 4.78 is 6.34. The minimum absolute atomic E-state index is 0.300. The lowest BCUT2D eigenvalue weighted by Crippen LogP contribution is -2.36. The van der Waals surface area contributed by atoms with Gasteiger partial charge >= 0.3 is 0 Å². The second kappa shape index (κ2) is 6.09. The lowest BCUT2D eigenvalue weighted by Gasteiger charge is -2.38. The number of thiocarbonyl (C=S) groups is 1. The third-order valence-corrected chi connectivity index (χ3v) is 5.22. The maximum absolute atomic E-state index is 6.34. The van der Waals surface area contributed by atoms with E-state index in [0.29, 0.717) is 16.5 Å². The molecule has 3 atom stereocenters. The molecule has 19 heavy (non-hydrogen) atoms. The summed E-state index contributed by atoms with van der Waals surface area (Å²) in [6.07, 6.45) is 7.71. The Morgan fingerprint density at radius 1 is 1.37 bits per heavy atom. The van der Waals surface area contributed by atoms with Crippen molar-refractivity contribution >= 4 is 17.2 Å². The Labute approximate surface area is 123 Å². The van der Waals surface area contributed by atoms with Crippen molar-refractivity contribution in [2.75, 3.05) is 6.61 Å². The molecular weight excluding hydrogens is 254 g/mol. The fraction of sp³-hybridized carbons (Fsp3) is 0.938. The van der Waals surface area contributed by atoms with Crippen molar-refractivity contribution in [3.05, 3.63) is 0 Å². The van der Waals surface area contributed by atoms with E-state index >= 15 is 0 Å². The Bertz CT molecular complexity index is 325. The summed E-state index contributed by atoms with van der Waals surface area (Å²) in [7, 11) is 0. The molecule has 2 nitrogen and oxygen atoms in total. The van der Waals surface area contributed by atoms with E-state index in [9.17, 15) is 0 Å². The van der Waals surface area contributed by atoms with Crippen LogP contribution in [0.25, 0.3) is 0 Å². The smallest absolute Gasteiger partial charge is 0.0733 e. The second-order valence-corrected chi connectivity index (χ2v) is 7.84. The molecule has 2 saturated carbocycles. The van der Waals surface area contributed by atoms with Crippen LogP contribution < -0.4 is 5.73 Å². The van der Waals surface area contributed by atoms with Gasteiger partial charge in [0.15, 0.2) is 0 Å². The number of rotatable bonds is 6. The van der Waals surface area contributed by atoms with Gasteiger partial charge in [-0.2, -0.15) is 0 Å². The minimum atomic E-state index is 0.300. The first kappa shape index (κ1) is 15.2. The molecule has 0 aromatic carbocycles. The highest BCUT2D eigenvalue weighted by atomic mass is 32.1. The number of nitrogens with two attached hydrogens (primary N) is 1. The Hall–Kier alpha value is -0.150. The fourth-order valence-electron chi connectivity index (χ4n) is 3.51. The zero-order valence-corrected chi connectivity index (χ0v) is 13.5. The predicted molar refractivity (Wildman–Crippen MR) is 84.2 cm³/mol. The van der Waals surface area contributed by atoms with Crippen molar-refractivity contribution in [2.24, 2.45) is 28.9 Å². The van der Waals surface area contributed by atoms with Crippen molar-refractivity contribution < 1.29 is 4.74 Å². The molecule has 110 valence electrons. The van der Waals surface area contributed by atoms with Crippen LogP contribution in [0.15, 0.2) is 0 Å². The van der Waals surface area contributed by atoms with Crippen LogP contribution in [0.2, 0.25) is 0 Å². The molecule has 0 amide bonds. The van der Waals surface area contributed by atoms with Gasteiger partial charge in [0.05, 0.1) is 17.7 Å². The third-order valence-electron chi connectivity index (χ3n) is 5.07. The van der Waals surface area contributed by atoms with Gasteiger partial charge in [-0.3, -0.25) is 0 Å². The molecule has 3 unspecified atom stereocenters. The summed E-state index contributed by atoms with van der Waals surface area (Å²) in [6, 6.07) is 0. The second-order valence-electron chi connectivity index (χ2n) is 7.32. The van der Waals surface area contributed by atoms with Crippen LogP contribution in [0.1, 0.15) is 59.3 Å². The fourth-order valence-corrected chi connectivity index (χ4v) is 3.81. The largest absolute Gasteiger partial charge is 0.393 e. The lowest BCUT2D eigenvalue weighted by molar-refractivity contribution is -0.0545. The SMILES string of the molecule is CC1CCC(C(C)C)C(OCC2(CC(N)=S)CC2)C1. The Kier molecular flexibility index (Phi) is 4.88. The molecule has 0 spiro atoms. The number of hydrogen-bond acceptors (Lipinski definition) is 2. The van der Waals surface area contributed by atoms with Gasteiger partial charge in [-0.1, -0.05) is 39.4 Å². The number of ether oxygens (including phenoxy) is 1. The van der Waals surface area contributed by atoms with Crippen molar-refractivity contribution in [3.63, 3.8) is 0 Å². The number of hydrogen-bond donors (Lipinski definition) is 1. The van der Waals surface area contributed by atoms with Gasteiger partial charge in [0.1, 0.15) is 0 Å². The highest BCUT2D eigenvalue weighted by molar-refractivity contribution is 7.80. The van der Waals surface area contributed by atoms with E-state index in [1.807, 2.05) is 0 Å². The van der Waals surface area contributed by atoms with E-state index in [-0.39, 0.29) is 0 Å². The Morgan fingerprint density at radius 3 is 2.58 bits per heavy atom. The van der Waals surface area contributed by atoms with Gasteiger partial charge in [0, 0.05) is 11.8 Å². The van der Waals surface area contributed by atoms with Crippen LogP contribution in [-0.4, -0.2) is 17.7 Å². The zero-order chi connectivity index (χ0) is 14.0. The van der Waals surface area contributed by atoms with Gasteiger partial charge in [-0.05, 0) is 43.4 Å². The Balaban J connectivity index is 1.87. The average Bonchev–Trinajstić information content (AvgIpc) is 3.05. The Morgan fingerprint density at radius 2 is 2.05 bits per heavy atom. The molecule has 2 fully saturated rings.